The Balaban J connectivity index is 2.43. The molecule has 0 saturated heterocycles. The van der Waals surface area contributed by atoms with Crippen molar-refractivity contribution in [3.05, 3.63) is 28.8 Å². The molecule has 0 amide bonds. The van der Waals surface area contributed by atoms with Crippen LogP contribution in [-0.2, 0) is 0 Å². The normalized spacial score (nSPS) is 11.0. The first-order valence-electron chi connectivity index (χ1n) is 4.92. The molecule has 0 heterocycles. The highest BCUT2D eigenvalue weighted by Crippen LogP contribution is 2.22. The van der Waals surface area contributed by atoms with Crippen molar-refractivity contribution in [1.29, 1.82) is 5.26 Å². The number of benzene rings is 1. The van der Waals surface area contributed by atoms with Gasteiger partial charge >= 0.3 is 6.18 Å². The van der Waals surface area contributed by atoms with E-state index in [0.717, 1.165) is 0 Å². The smallest absolute Gasteiger partial charge is 0.385 e. The van der Waals surface area contributed by atoms with Crippen LogP contribution in [0.5, 0.6) is 0 Å². The van der Waals surface area contributed by atoms with Crippen LogP contribution in [0, 0.1) is 11.3 Å². The molecular weight excluding hydrogens is 253 g/mol. The van der Waals surface area contributed by atoms with Crippen LogP contribution in [0.3, 0.4) is 0 Å². The van der Waals surface area contributed by atoms with E-state index in [-0.39, 0.29) is 18.0 Å². The van der Waals surface area contributed by atoms with E-state index in [1.54, 1.807) is 6.07 Å². The summed E-state index contributed by atoms with van der Waals surface area (Å²) >= 11 is 5.77. The van der Waals surface area contributed by atoms with Crippen LogP contribution in [0.2, 0.25) is 5.02 Å². The Morgan fingerprint density at radius 3 is 2.59 bits per heavy atom. The SMILES string of the molecule is N#Cc1ccc(NCCCC(F)(F)F)cc1Cl. The Kier molecular flexibility index (Phi) is 4.64. The predicted molar refractivity (Wildman–Crippen MR) is 59.9 cm³/mol. The summed E-state index contributed by atoms with van der Waals surface area (Å²) in [5, 5.41) is 11.7. The number of hydrogen-bond donors (Lipinski definition) is 1. The Morgan fingerprint density at radius 1 is 1.35 bits per heavy atom. The highest BCUT2D eigenvalue weighted by Gasteiger charge is 2.25. The number of rotatable bonds is 4. The fourth-order valence-electron chi connectivity index (χ4n) is 1.24. The maximum absolute atomic E-state index is 11.9. The summed E-state index contributed by atoms with van der Waals surface area (Å²) in [5.41, 5.74) is 0.948. The van der Waals surface area contributed by atoms with E-state index in [0.29, 0.717) is 11.3 Å². The van der Waals surface area contributed by atoms with Crippen molar-refractivity contribution in [2.45, 2.75) is 19.0 Å². The Hall–Kier alpha value is -1.41. The molecule has 0 saturated carbocycles. The number of nitrogens with zero attached hydrogens (tertiary/aromatic N) is 1. The van der Waals surface area contributed by atoms with E-state index in [1.807, 2.05) is 6.07 Å². The molecule has 0 atom stereocenters. The lowest BCUT2D eigenvalue weighted by Crippen LogP contribution is -2.10. The molecule has 0 unspecified atom stereocenters. The molecule has 1 aromatic carbocycles. The summed E-state index contributed by atoms with van der Waals surface area (Å²) in [5.74, 6) is 0. The molecule has 17 heavy (non-hydrogen) atoms. The molecule has 1 rings (SSSR count). The average molecular weight is 263 g/mol. The number of alkyl halides is 3. The summed E-state index contributed by atoms with van der Waals surface area (Å²) in [6.45, 7) is 0.210. The molecule has 0 aromatic heterocycles. The van der Waals surface area contributed by atoms with Gasteiger partial charge in [0, 0.05) is 18.7 Å². The van der Waals surface area contributed by atoms with Gasteiger partial charge in [0.2, 0.25) is 0 Å². The predicted octanol–water partition coefficient (Wildman–Crippen LogP) is 3.97. The van der Waals surface area contributed by atoms with Gasteiger partial charge < -0.3 is 5.32 Å². The second-order valence-electron chi connectivity index (χ2n) is 3.45. The Morgan fingerprint density at radius 2 is 2.06 bits per heavy atom. The van der Waals surface area contributed by atoms with Gasteiger partial charge in [-0.2, -0.15) is 18.4 Å². The fourth-order valence-corrected chi connectivity index (χ4v) is 1.46. The third kappa shape index (κ3) is 4.96. The van der Waals surface area contributed by atoms with Gasteiger partial charge in [0.05, 0.1) is 10.6 Å². The number of hydrogen-bond acceptors (Lipinski definition) is 2. The van der Waals surface area contributed by atoms with E-state index >= 15 is 0 Å². The highest BCUT2D eigenvalue weighted by molar-refractivity contribution is 6.32. The van der Waals surface area contributed by atoms with Crippen molar-refractivity contribution in [3.8, 4) is 6.07 Å². The summed E-state index contributed by atoms with van der Waals surface area (Å²) in [4.78, 5) is 0. The number of halogens is 4. The van der Waals surface area contributed by atoms with Crippen LogP contribution in [0.25, 0.3) is 0 Å². The van der Waals surface area contributed by atoms with E-state index in [4.69, 9.17) is 16.9 Å². The lowest BCUT2D eigenvalue weighted by molar-refractivity contribution is -0.134. The van der Waals surface area contributed by atoms with Crippen molar-refractivity contribution < 1.29 is 13.2 Å². The zero-order chi connectivity index (χ0) is 12.9. The molecule has 1 aromatic rings. The minimum absolute atomic E-state index is 0.00111. The summed E-state index contributed by atoms with van der Waals surface area (Å²) in [6.07, 6.45) is -4.94. The molecule has 0 bridgehead atoms. The minimum atomic E-state index is -4.12. The summed E-state index contributed by atoms with van der Waals surface area (Å²) < 4.78 is 35.6. The van der Waals surface area contributed by atoms with E-state index in [1.165, 1.54) is 12.1 Å². The quantitative estimate of drug-likeness (QED) is 0.834. The molecule has 2 nitrogen and oxygen atoms in total. The molecule has 0 radical (unpaired) electrons. The molecule has 0 spiro atoms. The van der Waals surface area contributed by atoms with Crippen LogP contribution in [0.4, 0.5) is 18.9 Å². The van der Waals surface area contributed by atoms with Crippen molar-refractivity contribution in [2.75, 3.05) is 11.9 Å². The maximum atomic E-state index is 11.9. The van der Waals surface area contributed by atoms with Gasteiger partial charge in [-0.1, -0.05) is 11.6 Å². The van der Waals surface area contributed by atoms with Crippen LogP contribution in [0.1, 0.15) is 18.4 Å². The van der Waals surface area contributed by atoms with Crippen LogP contribution >= 0.6 is 11.6 Å². The lowest BCUT2D eigenvalue weighted by Gasteiger charge is -2.08. The minimum Gasteiger partial charge on any atom is -0.385 e. The first kappa shape index (κ1) is 13.7. The second kappa shape index (κ2) is 5.78. The first-order valence-corrected chi connectivity index (χ1v) is 5.30. The summed E-state index contributed by atoms with van der Waals surface area (Å²) in [7, 11) is 0. The van der Waals surface area contributed by atoms with Crippen LogP contribution in [-0.4, -0.2) is 12.7 Å². The van der Waals surface area contributed by atoms with Gasteiger partial charge in [-0.3, -0.25) is 0 Å². The van der Waals surface area contributed by atoms with Gasteiger partial charge in [-0.05, 0) is 24.6 Å². The van der Waals surface area contributed by atoms with E-state index in [2.05, 4.69) is 5.32 Å². The van der Waals surface area contributed by atoms with Gasteiger partial charge in [0.25, 0.3) is 0 Å². The Labute approximate surface area is 102 Å². The van der Waals surface area contributed by atoms with Crippen molar-refractivity contribution in [1.82, 2.24) is 0 Å². The average Bonchev–Trinajstić information content (AvgIpc) is 2.23. The third-order valence-corrected chi connectivity index (χ3v) is 2.37. The standard InChI is InChI=1S/C11H10ClF3N2/c12-10-6-9(3-2-8(10)7-16)17-5-1-4-11(13,14)15/h2-3,6,17H,1,4-5H2. The molecule has 0 aliphatic carbocycles. The number of anilines is 1. The fraction of sp³-hybridized carbons (Fsp3) is 0.364. The highest BCUT2D eigenvalue weighted by atomic mass is 35.5. The zero-order valence-electron chi connectivity index (χ0n) is 8.81. The number of nitrogens with one attached hydrogen (secondary N) is 1. The van der Waals surface area contributed by atoms with Gasteiger partial charge in [-0.15, -0.1) is 0 Å². The van der Waals surface area contributed by atoms with E-state index in [9.17, 15) is 13.2 Å². The van der Waals surface area contributed by atoms with Crippen molar-refractivity contribution in [3.63, 3.8) is 0 Å². The second-order valence-corrected chi connectivity index (χ2v) is 3.86. The molecule has 92 valence electrons. The number of nitriles is 1. The molecule has 0 fully saturated rings. The monoisotopic (exact) mass is 262 g/mol. The summed E-state index contributed by atoms with van der Waals surface area (Å²) in [6, 6.07) is 6.55. The molecule has 1 N–H and O–H groups in total. The molecule has 6 heteroatoms. The van der Waals surface area contributed by atoms with Gasteiger partial charge in [0.1, 0.15) is 6.07 Å². The van der Waals surface area contributed by atoms with Crippen LogP contribution in [0.15, 0.2) is 18.2 Å². The van der Waals surface area contributed by atoms with E-state index < -0.39 is 12.6 Å². The Bertz CT molecular complexity index is 424. The van der Waals surface area contributed by atoms with Crippen LogP contribution < -0.4 is 5.32 Å². The van der Waals surface area contributed by atoms with Crippen molar-refractivity contribution in [2.24, 2.45) is 0 Å². The van der Waals surface area contributed by atoms with Gasteiger partial charge in [-0.25, -0.2) is 0 Å². The lowest BCUT2D eigenvalue weighted by atomic mass is 10.2. The maximum Gasteiger partial charge on any atom is 0.389 e. The molecule has 0 aliphatic rings. The van der Waals surface area contributed by atoms with Gasteiger partial charge in [0.15, 0.2) is 0 Å². The third-order valence-electron chi connectivity index (χ3n) is 2.06. The first-order chi connectivity index (χ1) is 7.92. The topological polar surface area (TPSA) is 35.8 Å². The molecule has 0 aliphatic heterocycles. The molecular formula is C11H10ClF3N2. The van der Waals surface area contributed by atoms with Crippen molar-refractivity contribution >= 4 is 17.3 Å². The zero-order valence-corrected chi connectivity index (χ0v) is 9.57. The largest absolute Gasteiger partial charge is 0.389 e.